The van der Waals surface area contributed by atoms with Gasteiger partial charge in [-0.05, 0) is 60.2 Å². The Bertz CT molecular complexity index is 1250. The van der Waals surface area contributed by atoms with Crippen molar-refractivity contribution >= 4 is 74.1 Å². The van der Waals surface area contributed by atoms with Crippen molar-refractivity contribution in [2.75, 3.05) is 25.6 Å². The lowest BCUT2D eigenvalue weighted by atomic mass is 10.2. The first-order valence-electron chi connectivity index (χ1n) is 10.7. The number of anilines is 1. The van der Waals surface area contributed by atoms with Gasteiger partial charge in [-0.15, -0.1) is 0 Å². The van der Waals surface area contributed by atoms with Crippen molar-refractivity contribution < 1.29 is 33.8 Å². The molecule has 0 spiro atoms. The van der Waals surface area contributed by atoms with Crippen molar-refractivity contribution in [3.05, 3.63) is 55.9 Å². The number of methoxy groups -OCH3 is 1. The van der Waals surface area contributed by atoms with Crippen LogP contribution < -0.4 is 10.1 Å². The summed E-state index contributed by atoms with van der Waals surface area (Å²) in [6.07, 6.45) is 3.04. The first-order chi connectivity index (χ1) is 17.1. The third-order valence-corrected chi connectivity index (χ3v) is 6.88. The summed E-state index contributed by atoms with van der Waals surface area (Å²) in [6.45, 7) is 1.69. The van der Waals surface area contributed by atoms with Crippen LogP contribution in [0, 0.1) is 0 Å². The van der Waals surface area contributed by atoms with E-state index in [1.54, 1.807) is 0 Å². The fourth-order valence-electron chi connectivity index (χ4n) is 3.10. The Balaban J connectivity index is 1.70. The highest BCUT2D eigenvalue weighted by molar-refractivity contribution is 9.10. The second-order valence-electron chi connectivity index (χ2n) is 7.55. The number of aromatic hydroxyl groups is 1. The minimum Gasteiger partial charge on any atom is -0.504 e. The molecule has 3 amide bonds. The summed E-state index contributed by atoms with van der Waals surface area (Å²) in [5.74, 6) is -1.79. The van der Waals surface area contributed by atoms with Crippen LogP contribution in [0.25, 0.3) is 6.08 Å². The van der Waals surface area contributed by atoms with E-state index in [0.717, 1.165) is 11.3 Å². The summed E-state index contributed by atoms with van der Waals surface area (Å²) in [5, 5.41) is 12.0. The number of hydrogen-bond acceptors (Lipinski definition) is 8. The van der Waals surface area contributed by atoms with Crippen molar-refractivity contribution in [2.24, 2.45) is 0 Å². The summed E-state index contributed by atoms with van der Waals surface area (Å²) >= 11 is 10.1. The van der Waals surface area contributed by atoms with E-state index in [2.05, 4.69) is 21.2 Å². The van der Waals surface area contributed by atoms with E-state index in [0.29, 0.717) is 28.2 Å². The zero-order chi connectivity index (χ0) is 26.4. The van der Waals surface area contributed by atoms with Crippen LogP contribution in [-0.2, 0) is 14.3 Å². The van der Waals surface area contributed by atoms with Crippen LogP contribution in [0.3, 0.4) is 0 Å². The standard InChI is InChI=1S/C24H22BrClN2O7S/c1-3-4-7-35-23(32)15-10-14(5-6-17(15)26)27-21(30)12-28-22(31)20(36-24(28)33)9-13-8-19(34-2)18(29)11-16(13)25/h5-6,8-11,29H,3-4,7,12H2,1-2H3,(H,27,30)/b20-9-. The molecule has 0 bridgehead atoms. The van der Waals surface area contributed by atoms with Gasteiger partial charge in [0.25, 0.3) is 11.1 Å². The maximum absolute atomic E-state index is 12.8. The average Bonchev–Trinajstić information content (AvgIpc) is 3.09. The highest BCUT2D eigenvalue weighted by Gasteiger charge is 2.36. The zero-order valence-corrected chi connectivity index (χ0v) is 22.5. The maximum Gasteiger partial charge on any atom is 0.339 e. The molecule has 0 atom stereocenters. The number of nitrogens with zero attached hydrogens (tertiary/aromatic N) is 1. The molecule has 0 unspecified atom stereocenters. The number of halogens is 2. The number of rotatable bonds is 9. The van der Waals surface area contributed by atoms with Crippen LogP contribution in [0.5, 0.6) is 11.5 Å². The van der Waals surface area contributed by atoms with Crippen molar-refractivity contribution in [3.63, 3.8) is 0 Å². The van der Waals surface area contributed by atoms with E-state index >= 15 is 0 Å². The van der Waals surface area contributed by atoms with Gasteiger partial charge in [0.2, 0.25) is 5.91 Å². The largest absolute Gasteiger partial charge is 0.504 e. The molecule has 2 aromatic carbocycles. The predicted molar refractivity (Wildman–Crippen MR) is 140 cm³/mol. The Labute approximate surface area is 224 Å². The number of carbonyl (C=O) groups excluding carboxylic acids is 4. The highest BCUT2D eigenvalue weighted by Crippen LogP contribution is 2.37. The predicted octanol–water partition coefficient (Wildman–Crippen LogP) is 5.45. The molecule has 9 nitrogen and oxygen atoms in total. The van der Waals surface area contributed by atoms with Crippen molar-refractivity contribution in [3.8, 4) is 11.5 Å². The lowest BCUT2D eigenvalue weighted by Gasteiger charge is -2.13. The van der Waals surface area contributed by atoms with E-state index in [9.17, 15) is 24.3 Å². The summed E-state index contributed by atoms with van der Waals surface area (Å²) in [6, 6.07) is 7.22. The molecule has 2 N–H and O–H groups in total. The van der Waals surface area contributed by atoms with Crippen LogP contribution >= 0.6 is 39.3 Å². The molecule has 2 aromatic rings. The molecule has 1 aliphatic heterocycles. The molecule has 190 valence electrons. The van der Waals surface area contributed by atoms with Gasteiger partial charge >= 0.3 is 5.97 Å². The lowest BCUT2D eigenvalue weighted by molar-refractivity contribution is -0.127. The van der Waals surface area contributed by atoms with Gasteiger partial charge in [0.15, 0.2) is 11.5 Å². The van der Waals surface area contributed by atoms with E-state index in [4.69, 9.17) is 21.1 Å². The smallest absolute Gasteiger partial charge is 0.339 e. The molecule has 1 saturated heterocycles. The number of thioether (sulfide) groups is 1. The molecule has 1 fully saturated rings. The molecule has 0 aromatic heterocycles. The number of nitrogens with one attached hydrogen (secondary N) is 1. The van der Waals surface area contributed by atoms with Crippen LogP contribution in [0.1, 0.15) is 35.7 Å². The molecule has 36 heavy (non-hydrogen) atoms. The normalized spacial score (nSPS) is 14.3. The van der Waals surface area contributed by atoms with Crippen molar-refractivity contribution in [2.45, 2.75) is 19.8 Å². The topological polar surface area (TPSA) is 122 Å². The molecule has 12 heteroatoms. The summed E-state index contributed by atoms with van der Waals surface area (Å²) in [7, 11) is 1.39. The van der Waals surface area contributed by atoms with Gasteiger partial charge in [-0.2, -0.15) is 0 Å². The van der Waals surface area contributed by atoms with Gasteiger partial charge < -0.3 is 19.9 Å². The number of benzene rings is 2. The number of carbonyl (C=O) groups is 4. The fraction of sp³-hybridized carbons (Fsp3) is 0.250. The first-order valence-corrected chi connectivity index (χ1v) is 12.7. The van der Waals surface area contributed by atoms with Gasteiger partial charge in [0, 0.05) is 10.2 Å². The Kier molecular flexibility index (Phi) is 9.41. The van der Waals surface area contributed by atoms with Gasteiger partial charge in [0.1, 0.15) is 6.54 Å². The minimum atomic E-state index is -0.643. The number of phenolic OH excluding ortho intramolecular Hbond substituents is 1. The highest BCUT2D eigenvalue weighted by atomic mass is 79.9. The molecule has 1 aliphatic rings. The quantitative estimate of drug-likeness (QED) is 0.222. The fourth-order valence-corrected chi connectivity index (χ4v) is 4.57. The average molecular weight is 598 g/mol. The zero-order valence-electron chi connectivity index (χ0n) is 19.3. The second-order valence-corrected chi connectivity index (χ2v) is 9.80. The molecule has 0 aliphatic carbocycles. The van der Waals surface area contributed by atoms with Crippen LogP contribution in [-0.4, -0.2) is 53.3 Å². The third kappa shape index (κ3) is 6.59. The molecule has 3 rings (SSSR count). The van der Waals surface area contributed by atoms with Crippen molar-refractivity contribution in [1.82, 2.24) is 4.90 Å². The SMILES string of the molecule is CCCCOC(=O)c1cc(NC(=O)CN2C(=O)S/C(=C\c3cc(OC)c(O)cc3Br)C2=O)ccc1Cl. The van der Waals surface area contributed by atoms with Crippen LogP contribution in [0.15, 0.2) is 39.7 Å². The summed E-state index contributed by atoms with van der Waals surface area (Å²) in [5.41, 5.74) is 0.850. The minimum absolute atomic E-state index is 0.0918. The van der Waals surface area contributed by atoms with Crippen molar-refractivity contribution in [1.29, 1.82) is 0 Å². The number of ether oxygens (including phenoxy) is 2. The van der Waals surface area contributed by atoms with Crippen LogP contribution in [0.2, 0.25) is 5.02 Å². The van der Waals surface area contributed by atoms with E-state index in [-0.39, 0.29) is 39.3 Å². The number of esters is 1. The summed E-state index contributed by atoms with van der Waals surface area (Å²) < 4.78 is 10.7. The Morgan fingerprint density at radius 3 is 2.69 bits per heavy atom. The van der Waals surface area contributed by atoms with Gasteiger partial charge in [-0.1, -0.05) is 40.9 Å². The molecule has 0 radical (unpaired) electrons. The lowest BCUT2D eigenvalue weighted by Crippen LogP contribution is -2.36. The monoisotopic (exact) mass is 596 g/mol. The van der Waals surface area contributed by atoms with E-state index in [1.165, 1.54) is 43.5 Å². The maximum atomic E-state index is 12.8. The van der Waals surface area contributed by atoms with Gasteiger partial charge in [0.05, 0.1) is 29.2 Å². The van der Waals surface area contributed by atoms with E-state index < -0.39 is 29.6 Å². The molecular formula is C24H22BrClN2O7S. The number of unbranched alkanes of at least 4 members (excludes halogenated alkanes) is 1. The molecule has 1 heterocycles. The van der Waals surface area contributed by atoms with Gasteiger partial charge in [-0.25, -0.2) is 4.79 Å². The van der Waals surface area contributed by atoms with E-state index in [1.807, 2.05) is 6.92 Å². The molecular weight excluding hydrogens is 576 g/mol. The summed E-state index contributed by atoms with van der Waals surface area (Å²) in [4.78, 5) is 51.0. The Morgan fingerprint density at radius 1 is 1.25 bits per heavy atom. The number of imide groups is 1. The van der Waals surface area contributed by atoms with Gasteiger partial charge in [-0.3, -0.25) is 19.3 Å². The number of phenols is 1. The number of hydrogen-bond donors (Lipinski definition) is 2. The Hall–Kier alpha value is -3.02. The second kappa shape index (κ2) is 12.3. The third-order valence-electron chi connectivity index (χ3n) is 4.96. The van der Waals surface area contributed by atoms with Crippen LogP contribution in [0.4, 0.5) is 10.5 Å². The molecule has 0 saturated carbocycles. The number of amides is 3. The Morgan fingerprint density at radius 2 is 2.00 bits per heavy atom. The first kappa shape index (κ1) is 27.6.